The molecule has 1 aliphatic heterocycles. The number of rotatable bonds is 2. The molecule has 2 aromatic rings. The molecule has 7 heteroatoms. The van der Waals surface area contributed by atoms with Crippen molar-refractivity contribution in [3.8, 4) is 11.8 Å². The van der Waals surface area contributed by atoms with Crippen LogP contribution in [0.15, 0.2) is 12.1 Å². The Hall–Kier alpha value is -2.62. The van der Waals surface area contributed by atoms with Crippen molar-refractivity contribution in [3.05, 3.63) is 29.5 Å². The van der Waals surface area contributed by atoms with Gasteiger partial charge in [0.05, 0.1) is 16.6 Å². The van der Waals surface area contributed by atoms with E-state index in [9.17, 15) is 13.6 Å². The molecule has 0 unspecified atom stereocenters. The van der Waals surface area contributed by atoms with E-state index in [-0.39, 0.29) is 5.92 Å². The summed E-state index contributed by atoms with van der Waals surface area (Å²) in [6, 6.07) is 2.16. The van der Waals surface area contributed by atoms with Crippen LogP contribution in [0.1, 0.15) is 45.2 Å². The Bertz CT molecular complexity index is 987. The molecule has 2 aliphatic rings. The van der Waals surface area contributed by atoms with E-state index in [1.807, 2.05) is 20.8 Å². The SMILES string of the molecule is CC(C)(C)OC(=O)N1CC(c2nn(CC#CC3CC3)c3cc(F)cc(F)c23)C1. The summed E-state index contributed by atoms with van der Waals surface area (Å²) in [5.74, 6) is 5.25. The van der Waals surface area contributed by atoms with Crippen LogP contribution in [0.2, 0.25) is 0 Å². The highest BCUT2D eigenvalue weighted by atomic mass is 19.1. The lowest BCUT2D eigenvalue weighted by Crippen LogP contribution is -2.50. The van der Waals surface area contributed by atoms with Crippen molar-refractivity contribution >= 4 is 17.0 Å². The molecule has 0 N–H and O–H groups in total. The number of halogens is 2. The number of carbonyl (C=O) groups is 1. The van der Waals surface area contributed by atoms with E-state index in [0.29, 0.717) is 42.1 Å². The Labute approximate surface area is 162 Å². The maximum atomic E-state index is 14.5. The molecule has 28 heavy (non-hydrogen) atoms. The monoisotopic (exact) mass is 387 g/mol. The number of hydrogen-bond donors (Lipinski definition) is 0. The van der Waals surface area contributed by atoms with Gasteiger partial charge in [-0.05, 0) is 33.6 Å². The summed E-state index contributed by atoms with van der Waals surface area (Å²) >= 11 is 0. The predicted molar refractivity (Wildman–Crippen MR) is 101 cm³/mol. The summed E-state index contributed by atoms with van der Waals surface area (Å²) in [7, 11) is 0. The van der Waals surface area contributed by atoms with Crippen LogP contribution in [0, 0.1) is 29.4 Å². The molecule has 1 aromatic carbocycles. The fourth-order valence-corrected chi connectivity index (χ4v) is 3.28. The van der Waals surface area contributed by atoms with E-state index < -0.39 is 23.3 Å². The van der Waals surface area contributed by atoms with Crippen LogP contribution in [0.3, 0.4) is 0 Å². The summed E-state index contributed by atoms with van der Waals surface area (Å²) in [5.41, 5.74) is 0.370. The van der Waals surface area contributed by atoms with Crippen molar-refractivity contribution in [2.24, 2.45) is 5.92 Å². The second-order valence-corrected chi connectivity index (χ2v) is 8.50. The van der Waals surface area contributed by atoms with Crippen molar-refractivity contribution in [1.82, 2.24) is 14.7 Å². The van der Waals surface area contributed by atoms with E-state index >= 15 is 0 Å². The van der Waals surface area contributed by atoms with Crippen LogP contribution in [0.5, 0.6) is 0 Å². The molecular weight excluding hydrogens is 364 g/mol. The van der Waals surface area contributed by atoms with Gasteiger partial charge in [-0.1, -0.05) is 11.8 Å². The Morgan fingerprint density at radius 1 is 1.29 bits per heavy atom. The maximum Gasteiger partial charge on any atom is 0.410 e. The van der Waals surface area contributed by atoms with Gasteiger partial charge in [0.1, 0.15) is 23.8 Å². The number of aromatic nitrogens is 2. The first-order valence-corrected chi connectivity index (χ1v) is 9.53. The second-order valence-electron chi connectivity index (χ2n) is 8.50. The molecule has 1 aromatic heterocycles. The molecule has 4 rings (SSSR count). The number of benzene rings is 1. The quantitative estimate of drug-likeness (QED) is 0.730. The minimum atomic E-state index is -0.642. The van der Waals surface area contributed by atoms with Crippen LogP contribution in [0.25, 0.3) is 10.9 Å². The molecule has 0 spiro atoms. The fourth-order valence-electron chi connectivity index (χ4n) is 3.28. The first kappa shape index (κ1) is 18.7. The molecule has 1 saturated carbocycles. The van der Waals surface area contributed by atoms with Crippen LogP contribution >= 0.6 is 0 Å². The highest BCUT2D eigenvalue weighted by Crippen LogP contribution is 2.34. The molecule has 0 bridgehead atoms. The molecular formula is C21H23F2N3O2. The zero-order valence-corrected chi connectivity index (χ0v) is 16.3. The Morgan fingerprint density at radius 2 is 2.00 bits per heavy atom. The summed E-state index contributed by atoms with van der Waals surface area (Å²) < 4.78 is 35.2. The number of likely N-dealkylation sites (tertiary alicyclic amines) is 1. The van der Waals surface area contributed by atoms with Crippen molar-refractivity contribution in [2.45, 2.75) is 51.7 Å². The predicted octanol–water partition coefficient (Wildman–Crippen LogP) is 4.06. The topological polar surface area (TPSA) is 47.4 Å². The molecule has 1 amide bonds. The van der Waals surface area contributed by atoms with Gasteiger partial charge in [-0.3, -0.25) is 4.68 Å². The van der Waals surface area contributed by atoms with E-state index in [2.05, 4.69) is 16.9 Å². The van der Waals surface area contributed by atoms with Crippen molar-refractivity contribution in [1.29, 1.82) is 0 Å². The van der Waals surface area contributed by atoms with Gasteiger partial charge in [0.15, 0.2) is 0 Å². The molecule has 2 fully saturated rings. The minimum absolute atomic E-state index is 0.118. The molecule has 0 atom stereocenters. The van der Waals surface area contributed by atoms with E-state index in [1.54, 1.807) is 9.58 Å². The molecule has 1 aliphatic carbocycles. The zero-order chi connectivity index (χ0) is 20.1. The third-order valence-corrected chi connectivity index (χ3v) is 4.83. The second kappa shape index (κ2) is 6.77. The van der Waals surface area contributed by atoms with Gasteiger partial charge in [-0.25, -0.2) is 13.6 Å². The summed E-state index contributed by atoms with van der Waals surface area (Å²) in [6.45, 7) is 6.51. The van der Waals surface area contributed by atoms with Gasteiger partial charge in [0.2, 0.25) is 0 Å². The standard InChI is InChI=1S/C21H23F2N3O2/c1-21(2,3)28-20(27)25-11-14(12-25)19-18-16(23)9-15(22)10-17(18)26(24-19)8-4-5-13-6-7-13/h9-10,13-14H,6-8,11-12H2,1-3H3. The number of hydrogen-bond acceptors (Lipinski definition) is 3. The Morgan fingerprint density at radius 3 is 2.64 bits per heavy atom. The first-order chi connectivity index (χ1) is 13.2. The van der Waals surface area contributed by atoms with Gasteiger partial charge in [-0.15, -0.1) is 0 Å². The third-order valence-electron chi connectivity index (χ3n) is 4.83. The molecule has 148 valence electrons. The summed E-state index contributed by atoms with van der Waals surface area (Å²) in [4.78, 5) is 13.7. The van der Waals surface area contributed by atoms with E-state index in [1.165, 1.54) is 6.07 Å². The number of carbonyl (C=O) groups excluding carboxylic acids is 1. The Kier molecular flexibility index (Phi) is 4.53. The average molecular weight is 387 g/mol. The zero-order valence-electron chi connectivity index (χ0n) is 16.3. The van der Waals surface area contributed by atoms with Crippen LogP contribution in [-0.2, 0) is 11.3 Å². The van der Waals surface area contributed by atoms with Gasteiger partial charge in [0, 0.05) is 37.1 Å². The number of ether oxygens (including phenoxy) is 1. The lowest BCUT2D eigenvalue weighted by molar-refractivity contribution is 0.00793. The van der Waals surface area contributed by atoms with Gasteiger partial charge in [-0.2, -0.15) is 5.10 Å². The largest absolute Gasteiger partial charge is 0.444 e. The third kappa shape index (κ3) is 3.82. The van der Waals surface area contributed by atoms with Crippen molar-refractivity contribution in [2.75, 3.05) is 13.1 Å². The smallest absolute Gasteiger partial charge is 0.410 e. The lowest BCUT2D eigenvalue weighted by atomic mass is 9.94. The normalized spacial score (nSPS) is 17.2. The fraction of sp³-hybridized carbons (Fsp3) is 0.524. The Balaban J connectivity index is 1.57. The van der Waals surface area contributed by atoms with E-state index in [4.69, 9.17) is 4.74 Å². The van der Waals surface area contributed by atoms with E-state index in [0.717, 1.165) is 18.9 Å². The van der Waals surface area contributed by atoms with Gasteiger partial charge in [0.25, 0.3) is 0 Å². The molecule has 0 radical (unpaired) electrons. The van der Waals surface area contributed by atoms with Gasteiger partial charge < -0.3 is 9.64 Å². The van der Waals surface area contributed by atoms with Crippen molar-refractivity contribution in [3.63, 3.8) is 0 Å². The van der Waals surface area contributed by atoms with Crippen LogP contribution < -0.4 is 0 Å². The lowest BCUT2D eigenvalue weighted by Gasteiger charge is -2.39. The minimum Gasteiger partial charge on any atom is -0.444 e. The number of fused-ring (bicyclic) bond motifs is 1. The van der Waals surface area contributed by atoms with Crippen LogP contribution in [-0.4, -0.2) is 39.5 Å². The van der Waals surface area contributed by atoms with Gasteiger partial charge >= 0.3 is 6.09 Å². The summed E-state index contributed by atoms with van der Waals surface area (Å²) in [6.07, 6.45) is 1.84. The maximum absolute atomic E-state index is 14.5. The number of amides is 1. The first-order valence-electron chi connectivity index (χ1n) is 9.53. The van der Waals surface area contributed by atoms with Crippen molar-refractivity contribution < 1.29 is 18.3 Å². The molecule has 5 nitrogen and oxygen atoms in total. The summed E-state index contributed by atoms with van der Waals surface area (Å²) in [5, 5.41) is 4.84. The average Bonchev–Trinajstić information content (AvgIpc) is 3.27. The highest BCUT2D eigenvalue weighted by Gasteiger charge is 2.37. The number of nitrogens with zero attached hydrogens (tertiary/aromatic N) is 3. The highest BCUT2D eigenvalue weighted by molar-refractivity contribution is 5.84. The van der Waals surface area contributed by atoms with Crippen LogP contribution in [0.4, 0.5) is 13.6 Å². The molecule has 2 heterocycles. The molecule has 1 saturated heterocycles.